The third-order valence-corrected chi connectivity index (χ3v) is 1.77. The highest BCUT2D eigenvalue weighted by Crippen LogP contribution is 2.07. The molecule has 0 unspecified atom stereocenters. The molecule has 0 rings (SSSR count). The number of carbonyl (C=O) groups excluding carboxylic acids is 1. The molecule has 76 valence electrons. The van der Waals surface area contributed by atoms with Crippen LogP contribution in [0.5, 0.6) is 0 Å². The van der Waals surface area contributed by atoms with Gasteiger partial charge in [0.2, 0.25) is 0 Å². The van der Waals surface area contributed by atoms with Crippen LogP contribution in [0.2, 0.25) is 0 Å². The smallest absolute Gasteiger partial charge is 0.303 e. The molecule has 13 heavy (non-hydrogen) atoms. The lowest BCUT2D eigenvalue weighted by atomic mass is 10.1. The lowest BCUT2D eigenvalue weighted by Gasteiger charge is -1.98. The minimum Gasteiger partial charge on any atom is -0.481 e. The Kier molecular flexibility index (Phi) is 6.20. The zero-order valence-electron chi connectivity index (χ0n) is 9.79. The molecule has 0 amide bonds. The first kappa shape index (κ1) is 8.73. The van der Waals surface area contributed by atoms with Crippen LogP contribution in [0.4, 0.5) is 0 Å². The first-order valence-electron chi connectivity index (χ1n) is 5.68. The molecule has 0 saturated carbocycles. The predicted octanol–water partition coefficient (Wildman–Crippen LogP) is 2.39. The van der Waals surface area contributed by atoms with Crippen LogP contribution >= 0.6 is 0 Å². The van der Waals surface area contributed by atoms with Crippen molar-refractivity contribution < 1.29 is 17.4 Å². The molecular formula is C10H18O3. The van der Waals surface area contributed by atoms with Crippen molar-refractivity contribution in [3.05, 3.63) is 0 Å². The maximum Gasteiger partial charge on any atom is 0.303 e. The summed E-state index contributed by atoms with van der Waals surface area (Å²) in [4.78, 5) is 20.4. The topological polar surface area (TPSA) is 54.4 Å². The Labute approximate surface area is 82.0 Å². The van der Waals surface area contributed by atoms with Crippen molar-refractivity contribution >= 4 is 12.3 Å². The van der Waals surface area contributed by atoms with Crippen LogP contribution in [0.15, 0.2) is 0 Å². The Balaban J connectivity index is 3.38. The molecule has 0 aliphatic rings. The van der Waals surface area contributed by atoms with Gasteiger partial charge in [-0.1, -0.05) is 25.7 Å². The van der Waals surface area contributed by atoms with Crippen LogP contribution < -0.4 is 0 Å². The van der Waals surface area contributed by atoms with E-state index in [9.17, 15) is 9.59 Å². The highest BCUT2D eigenvalue weighted by atomic mass is 16.4. The quantitative estimate of drug-likeness (QED) is 0.446. The molecule has 0 atom stereocenters. The molecule has 1 N–H and O–H groups in total. The highest BCUT2D eigenvalue weighted by Gasteiger charge is 1.96. The zero-order valence-corrected chi connectivity index (χ0v) is 7.79. The standard InChI is InChI=1S/C10H18O3/c11-9-7-5-3-1-2-4-6-8-10(12)13/h9H,1-8H2,(H,12,13)/i8D2. The Morgan fingerprint density at radius 2 is 1.69 bits per heavy atom. The summed E-state index contributed by atoms with van der Waals surface area (Å²) in [7, 11) is 0. The summed E-state index contributed by atoms with van der Waals surface area (Å²) in [5.74, 6) is -1.39. The van der Waals surface area contributed by atoms with Crippen LogP contribution in [0.1, 0.15) is 54.1 Å². The van der Waals surface area contributed by atoms with Gasteiger partial charge in [0.15, 0.2) is 0 Å². The number of hydrogen-bond donors (Lipinski definition) is 1. The van der Waals surface area contributed by atoms with E-state index in [1.54, 1.807) is 0 Å². The number of aliphatic carboxylic acids is 1. The van der Waals surface area contributed by atoms with Crippen LogP contribution in [0.3, 0.4) is 0 Å². The molecule has 0 saturated heterocycles. The number of aldehydes is 1. The number of carboxylic acid groups (broad SMARTS) is 1. The van der Waals surface area contributed by atoms with E-state index in [1.165, 1.54) is 0 Å². The first-order chi connectivity index (χ1) is 7.00. The number of carbonyl (C=O) groups is 2. The minimum absolute atomic E-state index is 0.0655. The van der Waals surface area contributed by atoms with Crippen molar-refractivity contribution in [2.24, 2.45) is 0 Å². The van der Waals surface area contributed by atoms with Gasteiger partial charge in [-0.3, -0.25) is 4.79 Å². The van der Waals surface area contributed by atoms with E-state index in [0.29, 0.717) is 12.8 Å². The molecule has 0 spiro atoms. The number of carboxylic acids is 1. The normalized spacial score (nSPS) is 13.2. The molecule has 3 nitrogen and oxygen atoms in total. The SMILES string of the molecule is [2H]C([2H])(CCCCCCCC=O)C(=O)O. The molecule has 0 bridgehead atoms. The van der Waals surface area contributed by atoms with E-state index in [0.717, 1.165) is 32.0 Å². The van der Waals surface area contributed by atoms with Crippen molar-refractivity contribution in [3.8, 4) is 0 Å². The van der Waals surface area contributed by atoms with Crippen molar-refractivity contribution in [1.29, 1.82) is 0 Å². The maximum atomic E-state index is 10.4. The fourth-order valence-corrected chi connectivity index (χ4v) is 1.08. The molecule has 3 heteroatoms. The van der Waals surface area contributed by atoms with Gasteiger partial charge >= 0.3 is 5.97 Å². The zero-order chi connectivity index (χ0) is 11.7. The maximum absolute atomic E-state index is 10.4. The molecule has 0 heterocycles. The first-order valence-corrected chi connectivity index (χ1v) is 4.68. The molecule has 0 radical (unpaired) electrons. The summed E-state index contributed by atoms with van der Waals surface area (Å²) in [6.07, 6.45) is 3.61. The second-order valence-electron chi connectivity index (χ2n) is 2.96. The second kappa shape index (κ2) is 9.23. The summed E-state index contributed by atoms with van der Waals surface area (Å²) in [5.41, 5.74) is 0. The van der Waals surface area contributed by atoms with E-state index >= 15 is 0 Å². The van der Waals surface area contributed by atoms with Crippen LogP contribution in [0.25, 0.3) is 0 Å². The van der Waals surface area contributed by atoms with Gasteiger partial charge in [-0.25, -0.2) is 0 Å². The Bertz CT molecular complexity index is 205. The number of unbranched alkanes of at least 4 members (excludes halogenated alkanes) is 5. The fraction of sp³-hybridized carbons (Fsp3) is 0.800. The molecule has 0 fully saturated rings. The van der Waals surface area contributed by atoms with E-state index in [2.05, 4.69) is 0 Å². The monoisotopic (exact) mass is 188 g/mol. The Morgan fingerprint density at radius 1 is 1.15 bits per heavy atom. The lowest BCUT2D eigenvalue weighted by Crippen LogP contribution is -1.93. The van der Waals surface area contributed by atoms with E-state index in [-0.39, 0.29) is 6.42 Å². The van der Waals surface area contributed by atoms with Crippen LogP contribution in [0, 0.1) is 0 Å². The van der Waals surface area contributed by atoms with Gasteiger partial charge in [-0.2, -0.15) is 0 Å². The van der Waals surface area contributed by atoms with Crippen molar-refractivity contribution in [1.82, 2.24) is 0 Å². The lowest BCUT2D eigenvalue weighted by molar-refractivity contribution is -0.137. The van der Waals surface area contributed by atoms with E-state index in [4.69, 9.17) is 7.85 Å². The summed E-state index contributed by atoms with van der Waals surface area (Å²) >= 11 is 0. The van der Waals surface area contributed by atoms with Crippen molar-refractivity contribution in [3.63, 3.8) is 0 Å². The largest absolute Gasteiger partial charge is 0.481 e. The van der Waals surface area contributed by atoms with Gasteiger partial charge in [0.1, 0.15) is 6.29 Å². The average molecular weight is 188 g/mol. The molecule has 0 aliphatic heterocycles. The van der Waals surface area contributed by atoms with Crippen LogP contribution in [-0.4, -0.2) is 17.4 Å². The fourth-order valence-electron chi connectivity index (χ4n) is 1.08. The van der Waals surface area contributed by atoms with Gasteiger partial charge in [-0.15, -0.1) is 0 Å². The molecule has 0 aromatic rings. The number of rotatable bonds is 9. The van der Waals surface area contributed by atoms with E-state index < -0.39 is 12.3 Å². The summed E-state index contributed by atoms with van der Waals surface area (Å²) in [5, 5.41) is 8.50. The average Bonchev–Trinajstić information content (AvgIpc) is 2.16. The van der Waals surface area contributed by atoms with E-state index in [1.807, 2.05) is 0 Å². The summed E-state index contributed by atoms with van der Waals surface area (Å²) in [6.45, 7) is 0. The van der Waals surface area contributed by atoms with Gasteiger partial charge in [0.25, 0.3) is 0 Å². The third-order valence-electron chi connectivity index (χ3n) is 1.77. The third kappa shape index (κ3) is 11.1. The predicted molar refractivity (Wildman–Crippen MR) is 50.6 cm³/mol. The molecule has 0 aromatic carbocycles. The van der Waals surface area contributed by atoms with Gasteiger partial charge in [-0.05, 0) is 12.8 Å². The molecule has 0 aromatic heterocycles. The second-order valence-corrected chi connectivity index (χ2v) is 2.96. The summed E-state index contributed by atoms with van der Waals surface area (Å²) < 4.78 is 14.3. The van der Waals surface area contributed by atoms with Gasteiger partial charge in [0, 0.05) is 15.5 Å². The highest BCUT2D eigenvalue weighted by molar-refractivity contribution is 5.66. The van der Waals surface area contributed by atoms with Crippen molar-refractivity contribution in [2.75, 3.05) is 0 Å². The van der Waals surface area contributed by atoms with Gasteiger partial charge < -0.3 is 9.90 Å². The Hall–Kier alpha value is -0.860. The van der Waals surface area contributed by atoms with Gasteiger partial charge in [0.05, 0.1) is 0 Å². The van der Waals surface area contributed by atoms with Crippen LogP contribution in [-0.2, 0) is 9.59 Å². The van der Waals surface area contributed by atoms with Crippen molar-refractivity contribution in [2.45, 2.75) is 51.3 Å². The Morgan fingerprint density at radius 3 is 2.23 bits per heavy atom. The minimum atomic E-state index is -2.09. The summed E-state index contributed by atoms with van der Waals surface area (Å²) in [6, 6.07) is 0. The molecule has 0 aliphatic carbocycles. The molecular weight excluding hydrogens is 168 g/mol. The number of hydrogen-bond acceptors (Lipinski definition) is 2.